The van der Waals surface area contributed by atoms with E-state index in [0.717, 1.165) is 28.5 Å². The molecule has 4 heteroatoms. The van der Waals surface area contributed by atoms with Crippen LogP contribution >= 0.6 is 0 Å². The monoisotopic (exact) mass is 329 g/mol. The number of hydrogen-bond donors (Lipinski definition) is 2. The van der Waals surface area contributed by atoms with Gasteiger partial charge in [0.15, 0.2) is 0 Å². The molecule has 0 aromatic heterocycles. The number of carbonyl (C=O) groups excluding carboxylic acids is 1. The minimum absolute atomic E-state index is 0.0646. The second kappa shape index (κ2) is 8.15. The van der Waals surface area contributed by atoms with Gasteiger partial charge in [0.1, 0.15) is 5.75 Å². The summed E-state index contributed by atoms with van der Waals surface area (Å²) < 4.78 is 5.23. The van der Waals surface area contributed by atoms with Crippen molar-refractivity contribution >= 4 is 16.7 Å². The fourth-order valence-electron chi connectivity index (χ4n) is 2.62. The maximum atomic E-state index is 12.4. The molecule has 4 nitrogen and oxygen atoms in total. The topological polar surface area (TPSA) is 58.6 Å². The first-order valence-electron chi connectivity index (χ1n) is 8.49. The summed E-state index contributed by atoms with van der Waals surface area (Å²) in [4.78, 5) is 12.4. The van der Waals surface area contributed by atoms with Gasteiger partial charge < -0.3 is 15.2 Å². The zero-order valence-corrected chi connectivity index (χ0v) is 14.9. The third kappa shape index (κ3) is 4.26. The summed E-state index contributed by atoms with van der Waals surface area (Å²) in [5, 5.41) is 15.0. The molecular formula is C20H27NO3. The number of carbonyl (C=O) groups is 1. The van der Waals surface area contributed by atoms with Crippen molar-refractivity contribution in [1.29, 1.82) is 0 Å². The van der Waals surface area contributed by atoms with Gasteiger partial charge in [-0.1, -0.05) is 44.5 Å². The van der Waals surface area contributed by atoms with Gasteiger partial charge in [-0.25, -0.2) is 0 Å². The highest BCUT2D eigenvalue weighted by Crippen LogP contribution is 2.25. The van der Waals surface area contributed by atoms with Crippen LogP contribution in [-0.4, -0.2) is 30.8 Å². The Bertz CT molecular complexity index is 698. The Balaban J connectivity index is 2.07. The molecule has 0 aliphatic carbocycles. The lowest BCUT2D eigenvalue weighted by atomic mass is 9.96. The van der Waals surface area contributed by atoms with Crippen LogP contribution in [0.15, 0.2) is 36.4 Å². The van der Waals surface area contributed by atoms with E-state index in [1.54, 1.807) is 7.11 Å². The first-order chi connectivity index (χ1) is 11.5. The second-order valence-corrected chi connectivity index (χ2v) is 6.39. The molecule has 2 aromatic rings. The lowest BCUT2D eigenvalue weighted by Gasteiger charge is -2.19. The second-order valence-electron chi connectivity index (χ2n) is 6.39. The lowest BCUT2D eigenvalue weighted by Crippen LogP contribution is -2.37. The van der Waals surface area contributed by atoms with Crippen molar-refractivity contribution < 1.29 is 14.6 Å². The van der Waals surface area contributed by atoms with Gasteiger partial charge in [0.05, 0.1) is 19.1 Å². The number of nitrogens with one attached hydrogen (secondary N) is 1. The number of ether oxygens (including phenoxy) is 1. The van der Waals surface area contributed by atoms with Gasteiger partial charge in [0, 0.05) is 6.54 Å². The van der Waals surface area contributed by atoms with E-state index in [-0.39, 0.29) is 17.7 Å². The summed E-state index contributed by atoms with van der Waals surface area (Å²) in [6.45, 7) is 6.19. The Labute approximate surface area is 143 Å². The fraction of sp³-hybridized carbons (Fsp3) is 0.450. The molecule has 0 heterocycles. The van der Waals surface area contributed by atoms with E-state index >= 15 is 0 Å². The predicted octanol–water partition coefficient (Wildman–Crippen LogP) is 3.48. The fourth-order valence-corrected chi connectivity index (χ4v) is 2.62. The SMILES string of the molecule is CCC(C)C(O)CNC(=O)[C@@H](C)c1ccc2cc(OC)ccc2c1. The summed E-state index contributed by atoms with van der Waals surface area (Å²) in [5.74, 6) is 0.669. The first-order valence-corrected chi connectivity index (χ1v) is 8.49. The maximum absolute atomic E-state index is 12.4. The molecule has 24 heavy (non-hydrogen) atoms. The van der Waals surface area contributed by atoms with Crippen LogP contribution in [0, 0.1) is 5.92 Å². The minimum atomic E-state index is -0.504. The molecule has 2 aromatic carbocycles. The molecule has 0 bridgehead atoms. The normalized spacial score (nSPS) is 14.9. The van der Waals surface area contributed by atoms with Crippen molar-refractivity contribution in [2.24, 2.45) is 5.92 Å². The molecule has 130 valence electrons. The number of rotatable bonds is 7. The zero-order chi connectivity index (χ0) is 17.7. The third-order valence-corrected chi connectivity index (χ3v) is 4.75. The van der Waals surface area contributed by atoms with Crippen LogP contribution in [0.3, 0.4) is 0 Å². The van der Waals surface area contributed by atoms with Crippen LogP contribution in [0.5, 0.6) is 5.75 Å². The average molecular weight is 329 g/mol. The molecular weight excluding hydrogens is 302 g/mol. The summed E-state index contributed by atoms with van der Waals surface area (Å²) in [6.07, 6.45) is 0.385. The van der Waals surface area contributed by atoms with Gasteiger partial charge >= 0.3 is 0 Å². The van der Waals surface area contributed by atoms with Gasteiger partial charge in [-0.3, -0.25) is 4.79 Å². The van der Waals surface area contributed by atoms with Crippen LogP contribution in [-0.2, 0) is 4.79 Å². The van der Waals surface area contributed by atoms with E-state index in [4.69, 9.17) is 4.74 Å². The number of fused-ring (bicyclic) bond motifs is 1. The molecule has 2 N–H and O–H groups in total. The summed E-state index contributed by atoms with van der Waals surface area (Å²) in [6, 6.07) is 11.9. The predicted molar refractivity (Wildman–Crippen MR) is 97.4 cm³/mol. The molecule has 0 aliphatic rings. The number of benzene rings is 2. The number of methoxy groups -OCH3 is 1. The van der Waals surface area contributed by atoms with Gasteiger partial charge in [-0.05, 0) is 41.3 Å². The number of amides is 1. The van der Waals surface area contributed by atoms with Crippen LogP contribution in [0.1, 0.15) is 38.7 Å². The quantitative estimate of drug-likeness (QED) is 0.818. The van der Waals surface area contributed by atoms with Gasteiger partial charge in [0.2, 0.25) is 5.91 Å². The zero-order valence-electron chi connectivity index (χ0n) is 14.9. The largest absolute Gasteiger partial charge is 0.497 e. The highest BCUT2D eigenvalue weighted by atomic mass is 16.5. The van der Waals surface area contributed by atoms with Crippen molar-refractivity contribution in [3.63, 3.8) is 0 Å². The van der Waals surface area contributed by atoms with Crippen molar-refractivity contribution in [1.82, 2.24) is 5.32 Å². The summed E-state index contributed by atoms with van der Waals surface area (Å²) >= 11 is 0. The van der Waals surface area contributed by atoms with Crippen molar-refractivity contribution in [3.8, 4) is 5.75 Å². The Kier molecular flexibility index (Phi) is 6.21. The highest BCUT2D eigenvalue weighted by molar-refractivity contribution is 5.88. The number of aliphatic hydroxyl groups excluding tert-OH is 1. The third-order valence-electron chi connectivity index (χ3n) is 4.75. The van der Waals surface area contributed by atoms with E-state index in [0.29, 0.717) is 6.54 Å². The summed E-state index contributed by atoms with van der Waals surface area (Å²) in [5.41, 5.74) is 0.961. The molecule has 0 fully saturated rings. The Morgan fingerprint density at radius 2 is 1.83 bits per heavy atom. The first kappa shape index (κ1) is 18.3. The Morgan fingerprint density at radius 1 is 1.17 bits per heavy atom. The molecule has 3 atom stereocenters. The van der Waals surface area contributed by atoms with Gasteiger partial charge in [0.25, 0.3) is 0 Å². The standard InChI is InChI=1S/C20H27NO3/c1-5-13(2)19(22)12-21-20(23)14(3)15-6-7-17-11-18(24-4)9-8-16(17)10-15/h6-11,13-14,19,22H,5,12H2,1-4H3,(H,21,23)/t13?,14-,19?/m0/s1. The molecule has 1 amide bonds. The summed E-state index contributed by atoms with van der Waals surface area (Å²) in [7, 11) is 1.65. The maximum Gasteiger partial charge on any atom is 0.227 e. The molecule has 0 saturated carbocycles. The molecule has 2 rings (SSSR count). The van der Waals surface area contributed by atoms with Gasteiger partial charge in [-0.15, -0.1) is 0 Å². The van der Waals surface area contributed by atoms with Crippen molar-refractivity contribution in [2.75, 3.05) is 13.7 Å². The lowest BCUT2D eigenvalue weighted by molar-refractivity contribution is -0.122. The number of hydrogen-bond acceptors (Lipinski definition) is 3. The molecule has 2 unspecified atom stereocenters. The van der Waals surface area contributed by atoms with E-state index in [1.165, 1.54) is 0 Å². The van der Waals surface area contributed by atoms with Crippen LogP contribution in [0.25, 0.3) is 10.8 Å². The van der Waals surface area contributed by atoms with Crippen molar-refractivity contribution in [2.45, 2.75) is 39.2 Å². The highest BCUT2D eigenvalue weighted by Gasteiger charge is 2.18. The number of aliphatic hydroxyl groups is 1. The molecule has 0 aliphatic heterocycles. The van der Waals surface area contributed by atoms with E-state index in [9.17, 15) is 9.90 Å². The Hall–Kier alpha value is -2.07. The van der Waals surface area contributed by atoms with Crippen LogP contribution < -0.4 is 10.1 Å². The molecule has 0 radical (unpaired) electrons. The molecule has 0 saturated heterocycles. The van der Waals surface area contributed by atoms with Crippen LogP contribution in [0.2, 0.25) is 0 Å². The van der Waals surface area contributed by atoms with E-state index in [2.05, 4.69) is 5.32 Å². The van der Waals surface area contributed by atoms with Crippen molar-refractivity contribution in [3.05, 3.63) is 42.0 Å². The minimum Gasteiger partial charge on any atom is -0.497 e. The molecule has 0 spiro atoms. The van der Waals surface area contributed by atoms with Gasteiger partial charge in [-0.2, -0.15) is 0 Å². The van der Waals surface area contributed by atoms with E-state index in [1.807, 2.05) is 57.2 Å². The Morgan fingerprint density at radius 3 is 2.50 bits per heavy atom. The smallest absolute Gasteiger partial charge is 0.227 e. The van der Waals surface area contributed by atoms with E-state index < -0.39 is 6.10 Å². The van der Waals surface area contributed by atoms with Crippen LogP contribution in [0.4, 0.5) is 0 Å². The average Bonchev–Trinajstić information content (AvgIpc) is 2.63.